The first-order chi connectivity index (χ1) is 11.7. The summed E-state index contributed by atoms with van der Waals surface area (Å²) in [6, 6.07) is 6.70. The largest absolute Gasteiger partial charge is 0.328 e. The van der Waals surface area contributed by atoms with E-state index in [0.717, 1.165) is 43.9 Å². The zero-order chi connectivity index (χ0) is 16.9. The summed E-state index contributed by atoms with van der Waals surface area (Å²) in [7, 11) is 0. The number of benzene rings is 1. The van der Waals surface area contributed by atoms with Crippen LogP contribution >= 0.6 is 11.6 Å². The Morgan fingerprint density at radius 1 is 1.29 bits per heavy atom. The van der Waals surface area contributed by atoms with Crippen molar-refractivity contribution in [3.05, 3.63) is 40.9 Å². The van der Waals surface area contributed by atoms with Gasteiger partial charge in [-0.15, -0.1) is 10.2 Å². The number of amides is 2. The van der Waals surface area contributed by atoms with Crippen LogP contribution in [0.1, 0.15) is 50.3 Å². The fraction of sp³-hybridized carbons (Fsp3) is 0.471. The Morgan fingerprint density at radius 3 is 2.92 bits per heavy atom. The quantitative estimate of drug-likeness (QED) is 0.880. The van der Waals surface area contributed by atoms with E-state index < -0.39 is 0 Å². The van der Waals surface area contributed by atoms with Crippen molar-refractivity contribution >= 4 is 23.3 Å². The number of rotatable bonds is 4. The number of aryl methyl sites for hydroxylation is 1. The highest BCUT2D eigenvalue weighted by atomic mass is 35.5. The molecule has 1 aliphatic rings. The zero-order valence-electron chi connectivity index (χ0n) is 13.8. The van der Waals surface area contributed by atoms with Gasteiger partial charge in [0.1, 0.15) is 5.82 Å². The second kappa shape index (κ2) is 7.66. The van der Waals surface area contributed by atoms with E-state index in [1.165, 1.54) is 6.42 Å². The number of urea groups is 1. The molecule has 2 heterocycles. The van der Waals surface area contributed by atoms with Crippen molar-refractivity contribution in [3.8, 4) is 0 Å². The maximum absolute atomic E-state index is 12.3. The van der Waals surface area contributed by atoms with Crippen molar-refractivity contribution in [1.82, 2.24) is 20.1 Å². The molecule has 1 aromatic carbocycles. The number of nitrogens with zero attached hydrogens (tertiary/aromatic N) is 3. The van der Waals surface area contributed by atoms with Gasteiger partial charge in [0, 0.05) is 13.0 Å². The van der Waals surface area contributed by atoms with Crippen molar-refractivity contribution in [1.29, 1.82) is 0 Å². The number of carbonyl (C=O) groups is 1. The minimum absolute atomic E-state index is 0.174. The molecule has 7 heteroatoms. The number of nitrogens with one attached hydrogen (secondary N) is 2. The number of anilines is 1. The lowest BCUT2D eigenvalue weighted by atomic mass is 10.2. The van der Waals surface area contributed by atoms with Crippen LogP contribution in [0.15, 0.2) is 24.3 Å². The van der Waals surface area contributed by atoms with E-state index in [4.69, 9.17) is 11.6 Å². The number of halogens is 1. The number of hydrogen-bond acceptors (Lipinski definition) is 3. The van der Waals surface area contributed by atoms with Crippen molar-refractivity contribution in [2.45, 2.75) is 51.6 Å². The fourth-order valence-electron chi connectivity index (χ4n) is 2.99. The Bertz CT molecular complexity index is 715. The topological polar surface area (TPSA) is 71.8 Å². The Balaban J connectivity index is 1.72. The lowest BCUT2D eigenvalue weighted by molar-refractivity contribution is 0.247. The molecule has 24 heavy (non-hydrogen) atoms. The van der Waals surface area contributed by atoms with Crippen LogP contribution in [0.25, 0.3) is 0 Å². The van der Waals surface area contributed by atoms with Crippen LogP contribution in [-0.2, 0) is 13.0 Å². The summed E-state index contributed by atoms with van der Waals surface area (Å²) in [4.78, 5) is 12.3. The van der Waals surface area contributed by atoms with Gasteiger partial charge in [-0.25, -0.2) is 4.79 Å². The number of fused-ring (bicyclic) bond motifs is 1. The summed E-state index contributed by atoms with van der Waals surface area (Å²) in [5.41, 5.74) is 0.589. The summed E-state index contributed by atoms with van der Waals surface area (Å²) >= 11 is 6.08. The predicted octanol–water partition coefficient (Wildman–Crippen LogP) is 3.93. The van der Waals surface area contributed by atoms with Gasteiger partial charge in [0.15, 0.2) is 5.82 Å². The molecule has 6 nitrogen and oxygen atoms in total. The molecule has 0 bridgehead atoms. The molecule has 0 saturated heterocycles. The lowest BCUT2D eigenvalue weighted by Crippen LogP contribution is -2.34. The van der Waals surface area contributed by atoms with E-state index in [-0.39, 0.29) is 12.1 Å². The van der Waals surface area contributed by atoms with Gasteiger partial charge < -0.3 is 15.2 Å². The van der Waals surface area contributed by atoms with Gasteiger partial charge >= 0.3 is 6.03 Å². The molecule has 2 aromatic rings. The van der Waals surface area contributed by atoms with E-state index in [9.17, 15) is 4.79 Å². The minimum atomic E-state index is -0.291. The summed E-state index contributed by atoms with van der Waals surface area (Å²) in [6.45, 7) is 2.95. The van der Waals surface area contributed by atoms with Gasteiger partial charge in [0.2, 0.25) is 0 Å². The minimum Gasteiger partial charge on any atom is -0.328 e. The standard InChI is InChI=1S/C17H22ClN5O/c1-2-13(16-22-21-15-10-4-3-7-11-23(15)16)19-17(24)20-14-9-6-5-8-12(14)18/h5-6,8-9,13H,2-4,7,10-11H2,1H3,(H2,19,20,24). The Morgan fingerprint density at radius 2 is 2.12 bits per heavy atom. The summed E-state index contributed by atoms with van der Waals surface area (Å²) < 4.78 is 2.16. The third-order valence-corrected chi connectivity index (χ3v) is 4.62. The van der Waals surface area contributed by atoms with Gasteiger partial charge in [0.25, 0.3) is 0 Å². The number of para-hydroxylation sites is 1. The van der Waals surface area contributed by atoms with Gasteiger partial charge in [-0.05, 0) is 31.4 Å². The first kappa shape index (κ1) is 16.8. The van der Waals surface area contributed by atoms with Crippen LogP contribution < -0.4 is 10.6 Å². The molecular weight excluding hydrogens is 326 g/mol. The average Bonchev–Trinajstić information content (AvgIpc) is 2.83. The summed E-state index contributed by atoms with van der Waals surface area (Å²) in [6.07, 6.45) is 5.18. The van der Waals surface area contributed by atoms with E-state index in [1.807, 2.05) is 19.1 Å². The number of hydrogen-bond donors (Lipinski definition) is 2. The molecule has 2 N–H and O–H groups in total. The normalized spacial score (nSPS) is 15.2. The molecular formula is C17H22ClN5O. The van der Waals surface area contributed by atoms with Crippen LogP contribution in [0.2, 0.25) is 5.02 Å². The van der Waals surface area contributed by atoms with Crippen molar-refractivity contribution in [2.24, 2.45) is 0 Å². The maximum atomic E-state index is 12.3. The molecule has 0 radical (unpaired) electrons. The third-order valence-electron chi connectivity index (χ3n) is 4.29. The molecule has 3 rings (SSSR count). The fourth-order valence-corrected chi connectivity index (χ4v) is 3.18. The number of aromatic nitrogens is 3. The highest BCUT2D eigenvalue weighted by molar-refractivity contribution is 6.33. The highest BCUT2D eigenvalue weighted by Gasteiger charge is 2.22. The first-order valence-corrected chi connectivity index (χ1v) is 8.81. The van der Waals surface area contributed by atoms with Crippen LogP contribution in [0.4, 0.5) is 10.5 Å². The van der Waals surface area contributed by atoms with Crippen LogP contribution in [0.5, 0.6) is 0 Å². The lowest BCUT2D eigenvalue weighted by Gasteiger charge is -2.18. The Labute approximate surface area is 146 Å². The highest BCUT2D eigenvalue weighted by Crippen LogP contribution is 2.22. The van der Waals surface area contributed by atoms with Gasteiger partial charge in [-0.3, -0.25) is 0 Å². The van der Waals surface area contributed by atoms with E-state index in [2.05, 4.69) is 25.4 Å². The molecule has 1 atom stereocenters. The van der Waals surface area contributed by atoms with Crippen molar-refractivity contribution in [2.75, 3.05) is 5.32 Å². The SMILES string of the molecule is CCC(NC(=O)Nc1ccccc1Cl)c1nnc2n1CCCCC2. The third kappa shape index (κ3) is 3.70. The molecule has 0 aliphatic carbocycles. The molecule has 0 spiro atoms. The maximum Gasteiger partial charge on any atom is 0.319 e. The van der Waals surface area contributed by atoms with E-state index in [0.29, 0.717) is 10.7 Å². The average molecular weight is 348 g/mol. The first-order valence-electron chi connectivity index (χ1n) is 8.43. The molecule has 1 aliphatic heterocycles. The molecule has 1 unspecified atom stereocenters. The smallest absolute Gasteiger partial charge is 0.319 e. The second-order valence-electron chi connectivity index (χ2n) is 5.98. The molecule has 1 aromatic heterocycles. The Kier molecular flexibility index (Phi) is 5.35. The predicted molar refractivity (Wildman–Crippen MR) is 94.2 cm³/mol. The Hall–Kier alpha value is -2.08. The van der Waals surface area contributed by atoms with Gasteiger partial charge in [0.05, 0.1) is 16.8 Å². The van der Waals surface area contributed by atoms with Crippen molar-refractivity contribution < 1.29 is 4.79 Å². The zero-order valence-corrected chi connectivity index (χ0v) is 14.5. The molecule has 0 saturated carbocycles. The van der Waals surface area contributed by atoms with Crippen molar-refractivity contribution in [3.63, 3.8) is 0 Å². The van der Waals surface area contributed by atoms with Gasteiger partial charge in [-0.2, -0.15) is 0 Å². The summed E-state index contributed by atoms with van der Waals surface area (Å²) in [5, 5.41) is 14.9. The van der Waals surface area contributed by atoms with E-state index in [1.54, 1.807) is 12.1 Å². The van der Waals surface area contributed by atoms with Crippen LogP contribution in [0, 0.1) is 0 Å². The summed E-state index contributed by atoms with van der Waals surface area (Å²) in [5.74, 6) is 1.86. The molecule has 2 amide bonds. The van der Waals surface area contributed by atoms with E-state index >= 15 is 0 Å². The monoisotopic (exact) mass is 347 g/mol. The molecule has 128 valence electrons. The number of carbonyl (C=O) groups excluding carboxylic acids is 1. The van der Waals surface area contributed by atoms with Gasteiger partial charge in [-0.1, -0.05) is 37.1 Å². The van der Waals surface area contributed by atoms with Crippen LogP contribution in [-0.4, -0.2) is 20.8 Å². The second-order valence-corrected chi connectivity index (χ2v) is 6.38. The molecule has 0 fully saturated rings. The van der Waals surface area contributed by atoms with Crippen LogP contribution in [0.3, 0.4) is 0 Å².